The Labute approximate surface area is 197 Å². The number of hydrogen-bond donors (Lipinski definition) is 2. The molecule has 6 rings (SSSR count). The van der Waals surface area contributed by atoms with Crippen LogP contribution in [0.3, 0.4) is 0 Å². The molecule has 0 radical (unpaired) electrons. The number of nitrogens with two attached hydrogens (primary N) is 1. The van der Waals surface area contributed by atoms with E-state index < -0.39 is 0 Å². The van der Waals surface area contributed by atoms with Gasteiger partial charge in [-0.25, -0.2) is 9.50 Å². The molecule has 0 amide bonds. The van der Waals surface area contributed by atoms with Crippen LogP contribution < -0.4 is 5.73 Å². The Morgan fingerprint density at radius 3 is 2.58 bits per heavy atom. The molecule has 1 aliphatic carbocycles. The van der Waals surface area contributed by atoms with E-state index in [-0.39, 0.29) is 11.6 Å². The van der Waals surface area contributed by atoms with Gasteiger partial charge in [-0.05, 0) is 71.6 Å². The molecule has 162 valence electrons. The first-order valence-electron chi connectivity index (χ1n) is 10.4. The summed E-state index contributed by atoms with van der Waals surface area (Å²) < 4.78 is 1.80. The van der Waals surface area contributed by atoms with Crippen LogP contribution in [0.2, 0.25) is 0 Å². The van der Waals surface area contributed by atoms with Gasteiger partial charge in [0.2, 0.25) is 0 Å². The summed E-state index contributed by atoms with van der Waals surface area (Å²) in [6.07, 6.45) is 4.04. The third kappa shape index (κ3) is 3.51. The average Bonchev–Trinajstić information content (AvgIpc) is 3.61. The molecule has 3 N–H and O–H groups in total. The lowest BCUT2D eigenvalue weighted by Crippen LogP contribution is -2.02. The maximum atomic E-state index is 9.50. The van der Waals surface area contributed by atoms with Crippen LogP contribution in [0.25, 0.3) is 27.9 Å². The monoisotopic (exact) mass is 470 g/mol. The van der Waals surface area contributed by atoms with Gasteiger partial charge in [0, 0.05) is 10.4 Å². The number of nitrogens with zero attached hydrogens (tertiary/aromatic N) is 5. The maximum absolute atomic E-state index is 9.50. The van der Waals surface area contributed by atoms with E-state index >= 15 is 0 Å². The number of phenols is 1. The summed E-state index contributed by atoms with van der Waals surface area (Å²) >= 11 is 3.38. The number of nitrogen functional groups attached to an aromatic ring is 1. The van der Waals surface area contributed by atoms with Gasteiger partial charge in [0.05, 0.1) is 22.0 Å². The van der Waals surface area contributed by atoms with Gasteiger partial charge in [0.15, 0.2) is 17.2 Å². The van der Waals surface area contributed by atoms with Gasteiger partial charge in [-0.15, -0.1) is 32.9 Å². The van der Waals surface area contributed by atoms with Gasteiger partial charge >= 0.3 is 0 Å². The third-order valence-electron chi connectivity index (χ3n) is 5.54. The topological polar surface area (TPSA) is 101 Å². The molecule has 0 bridgehead atoms. The van der Waals surface area contributed by atoms with Gasteiger partial charge in [0.25, 0.3) is 0 Å². The number of allylic oxidation sites excluding steroid dienone is 1. The standard InChI is InChI=1S/C24H18N6OS2/c25-23-21(28-27-15-6-8-16(31)9-7-15)24-26-20-14(13-17-3-1-11-32-17)5-10-18(20)22(30(24)29-23)19-4-2-12-33-19/h1-4,6-9,11-13,31H,5,10H2,(H2,25,29)/b14-13-,28-27?. The molecule has 33 heavy (non-hydrogen) atoms. The molecule has 0 fully saturated rings. The third-order valence-corrected chi connectivity index (χ3v) is 7.24. The van der Waals surface area contributed by atoms with Gasteiger partial charge in [-0.3, -0.25) is 0 Å². The Bertz CT molecular complexity index is 1510. The van der Waals surface area contributed by atoms with E-state index in [0.29, 0.717) is 17.0 Å². The van der Waals surface area contributed by atoms with Crippen LogP contribution in [0.15, 0.2) is 69.5 Å². The lowest BCUT2D eigenvalue weighted by molar-refractivity contribution is 0.475. The molecule has 9 heteroatoms. The van der Waals surface area contributed by atoms with E-state index in [1.807, 2.05) is 6.07 Å². The SMILES string of the molecule is Nc1nn2c(-c3cccs3)c3c(nc2c1N=Nc1ccc(O)cc1)/C(=C\c1cccs1)CC3. The van der Waals surface area contributed by atoms with Gasteiger partial charge in [0.1, 0.15) is 5.75 Å². The minimum atomic E-state index is 0.173. The summed E-state index contributed by atoms with van der Waals surface area (Å²) in [5.74, 6) is 0.447. The number of azo groups is 1. The van der Waals surface area contributed by atoms with Crippen LogP contribution in [0.1, 0.15) is 22.6 Å². The Kier molecular flexibility index (Phi) is 4.78. The molecule has 0 spiro atoms. The zero-order valence-corrected chi connectivity index (χ0v) is 19.0. The van der Waals surface area contributed by atoms with Gasteiger partial charge in [-0.1, -0.05) is 12.1 Å². The molecule has 0 saturated heterocycles. The fourth-order valence-corrected chi connectivity index (χ4v) is 5.51. The van der Waals surface area contributed by atoms with Crippen LogP contribution in [0.4, 0.5) is 17.2 Å². The summed E-state index contributed by atoms with van der Waals surface area (Å²) in [6, 6.07) is 14.8. The number of anilines is 1. The predicted molar refractivity (Wildman–Crippen MR) is 134 cm³/mol. The van der Waals surface area contributed by atoms with Crippen LogP contribution in [-0.4, -0.2) is 19.7 Å². The van der Waals surface area contributed by atoms with Crippen LogP contribution in [-0.2, 0) is 6.42 Å². The van der Waals surface area contributed by atoms with Crippen molar-refractivity contribution in [3.05, 3.63) is 75.4 Å². The number of fused-ring (bicyclic) bond motifs is 2. The van der Waals surface area contributed by atoms with Gasteiger partial charge < -0.3 is 10.8 Å². The van der Waals surface area contributed by atoms with E-state index in [2.05, 4.69) is 50.4 Å². The highest BCUT2D eigenvalue weighted by molar-refractivity contribution is 7.13. The second kappa shape index (κ2) is 7.95. The molecular formula is C24H18N6OS2. The molecule has 0 unspecified atom stereocenters. The molecule has 1 aromatic carbocycles. The number of phenolic OH excluding ortho intramolecular Hbond substituents is 1. The number of aromatic nitrogens is 3. The molecule has 0 atom stereocenters. The van der Waals surface area contributed by atoms with Crippen LogP contribution in [0.5, 0.6) is 5.75 Å². The molecular weight excluding hydrogens is 452 g/mol. The van der Waals surface area contributed by atoms with Gasteiger partial charge in [-0.2, -0.15) is 5.11 Å². The van der Waals surface area contributed by atoms with E-state index in [1.54, 1.807) is 51.5 Å². The largest absolute Gasteiger partial charge is 0.508 e. The summed E-state index contributed by atoms with van der Waals surface area (Å²) in [5, 5.41) is 26.9. The van der Waals surface area contributed by atoms with E-state index in [0.717, 1.165) is 29.1 Å². The van der Waals surface area contributed by atoms with Crippen molar-refractivity contribution in [1.29, 1.82) is 0 Å². The van der Waals surface area contributed by atoms with Crippen LogP contribution >= 0.6 is 22.7 Å². The number of thiophene rings is 2. The minimum absolute atomic E-state index is 0.173. The number of aromatic hydroxyl groups is 1. The number of rotatable bonds is 4. The van der Waals surface area contributed by atoms with E-state index in [1.165, 1.54) is 16.0 Å². The highest BCUT2D eigenvalue weighted by Gasteiger charge is 2.28. The quantitative estimate of drug-likeness (QED) is 0.285. The lowest BCUT2D eigenvalue weighted by atomic mass is 10.1. The fourth-order valence-electron chi connectivity index (χ4n) is 4.04. The van der Waals surface area contributed by atoms with Crippen molar-refractivity contribution in [2.75, 3.05) is 5.73 Å². The first-order chi connectivity index (χ1) is 16.2. The number of hydrogen-bond acceptors (Lipinski definition) is 8. The highest BCUT2D eigenvalue weighted by atomic mass is 32.1. The Morgan fingerprint density at radius 2 is 1.82 bits per heavy atom. The smallest absolute Gasteiger partial charge is 0.186 e. The van der Waals surface area contributed by atoms with E-state index in [4.69, 9.17) is 10.7 Å². The molecule has 4 aromatic heterocycles. The van der Waals surface area contributed by atoms with Crippen LogP contribution in [0, 0.1) is 0 Å². The lowest BCUT2D eigenvalue weighted by Gasteiger charge is -2.09. The normalized spacial score (nSPS) is 14.6. The second-order valence-electron chi connectivity index (χ2n) is 7.64. The molecule has 4 heterocycles. The maximum Gasteiger partial charge on any atom is 0.186 e. The molecule has 5 aromatic rings. The first kappa shape index (κ1) is 19.8. The predicted octanol–water partition coefficient (Wildman–Crippen LogP) is 6.71. The zero-order valence-electron chi connectivity index (χ0n) is 17.3. The van der Waals surface area contributed by atoms with Crippen molar-refractivity contribution < 1.29 is 5.11 Å². The summed E-state index contributed by atoms with van der Waals surface area (Å²) in [7, 11) is 0. The molecule has 0 saturated carbocycles. The zero-order chi connectivity index (χ0) is 22.4. The fraction of sp³-hybridized carbons (Fsp3) is 0.0833. The molecule has 7 nitrogen and oxygen atoms in total. The summed E-state index contributed by atoms with van der Waals surface area (Å²) in [6.45, 7) is 0. The highest BCUT2D eigenvalue weighted by Crippen LogP contribution is 2.42. The Hall–Kier alpha value is -3.82. The van der Waals surface area contributed by atoms with Crippen molar-refractivity contribution in [2.45, 2.75) is 12.8 Å². The average molecular weight is 471 g/mol. The second-order valence-corrected chi connectivity index (χ2v) is 9.56. The molecule has 0 aliphatic heterocycles. The summed E-state index contributed by atoms with van der Waals surface area (Å²) in [5.41, 5.74) is 12.3. The minimum Gasteiger partial charge on any atom is -0.508 e. The van der Waals surface area contributed by atoms with Crippen molar-refractivity contribution in [3.8, 4) is 16.3 Å². The molecule has 1 aliphatic rings. The Morgan fingerprint density at radius 1 is 1.00 bits per heavy atom. The Balaban J connectivity index is 1.56. The summed E-state index contributed by atoms with van der Waals surface area (Å²) in [4.78, 5) is 7.32. The van der Waals surface area contributed by atoms with Crippen molar-refractivity contribution in [1.82, 2.24) is 14.6 Å². The van der Waals surface area contributed by atoms with Crippen molar-refractivity contribution in [2.24, 2.45) is 10.2 Å². The number of benzene rings is 1. The van der Waals surface area contributed by atoms with E-state index in [9.17, 15) is 5.11 Å². The first-order valence-corrected chi connectivity index (χ1v) is 12.1. The van der Waals surface area contributed by atoms with Crippen molar-refractivity contribution >= 4 is 57.2 Å². The van der Waals surface area contributed by atoms with Crippen molar-refractivity contribution in [3.63, 3.8) is 0 Å².